The topological polar surface area (TPSA) is 26.3 Å². The molecule has 0 heterocycles. The zero-order valence-electron chi connectivity index (χ0n) is 11.3. The van der Waals surface area contributed by atoms with Gasteiger partial charge in [0.2, 0.25) is 0 Å². The fraction of sp³-hybridized carbons (Fsp3) is 0.133. The van der Waals surface area contributed by atoms with Crippen molar-refractivity contribution in [2.24, 2.45) is 0 Å². The van der Waals surface area contributed by atoms with E-state index < -0.39 is 17.7 Å². The molecule has 2 aromatic carbocycles. The van der Waals surface area contributed by atoms with Crippen molar-refractivity contribution >= 4 is 29.3 Å². The third-order valence-corrected chi connectivity index (χ3v) is 4.08. The lowest BCUT2D eigenvalue weighted by Crippen LogP contribution is -2.10. The molecule has 116 valence electrons. The molecule has 2 rings (SSSR count). The average Bonchev–Trinajstić information content (AvgIpc) is 2.48. The van der Waals surface area contributed by atoms with Crippen LogP contribution in [-0.4, -0.2) is 13.1 Å². The Bertz CT molecular complexity index is 684. The molecular weight excluding hydrogens is 337 g/mol. The first-order valence-corrected chi connectivity index (χ1v) is 7.23. The van der Waals surface area contributed by atoms with E-state index in [0.29, 0.717) is 9.92 Å². The predicted molar refractivity (Wildman–Crippen MR) is 78.4 cm³/mol. The van der Waals surface area contributed by atoms with Gasteiger partial charge in [-0.1, -0.05) is 23.4 Å². The summed E-state index contributed by atoms with van der Waals surface area (Å²) in [6, 6.07) is 9.81. The van der Waals surface area contributed by atoms with Crippen LogP contribution in [0.3, 0.4) is 0 Å². The standard InChI is InChI=1S/C15H10ClF3O2S/c1-21-14(20)9-2-7-13(12(8-9)15(17,18)19)22-11-5-3-10(16)4-6-11/h2-8H,1H3. The summed E-state index contributed by atoms with van der Waals surface area (Å²) in [5.41, 5.74) is -1.02. The van der Waals surface area contributed by atoms with Gasteiger partial charge in [0.05, 0.1) is 18.2 Å². The van der Waals surface area contributed by atoms with Crippen molar-refractivity contribution < 1.29 is 22.7 Å². The smallest absolute Gasteiger partial charge is 0.417 e. The van der Waals surface area contributed by atoms with Gasteiger partial charge in [-0.15, -0.1) is 0 Å². The summed E-state index contributed by atoms with van der Waals surface area (Å²) >= 11 is 6.70. The minimum Gasteiger partial charge on any atom is -0.465 e. The lowest BCUT2D eigenvalue weighted by atomic mass is 10.1. The number of hydrogen-bond acceptors (Lipinski definition) is 3. The highest BCUT2D eigenvalue weighted by molar-refractivity contribution is 7.99. The lowest BCUT2D eigenvalue weighted by molar-refractivity contribution is -0.139. The van der Waals surface area contributed by atoms with Gasteiger partial charge in [-0.05, 0) is 42.5 Å². The summed E-state index contributed by atoms with van der Waals surface area (Å²) in [7, 11) is 1.12. The summed E-state index contributed by atoms with van der Waals surface area (Å²) in [6.07, 6.45) is -4.57. The molecule has 0 spiro atoms. The van der Waals surface area contributed by atoms with E-state index in [1.165, 1.54) is 12.1 Å². The molecule has 0 aromatic heterocycles. The fourth-order valence-electron chi connectivity index (χ4n) is 1.71. The van der Waals surface area contributed by atoms with Crippen LogP contribution in [0, 0.1) is 0 Å². The molecule has 0 N–H and O–H groups in total. The molecule has 0 amide bonds. The first-order chi connectivity index (χ1) is 10.3. The zero-order valence-corrected chi connectivity index (χ0v) is 12.9. The molecule has 22 heavy (non-hydrogen) atoms. The van der Waals surface area contributed by atoms with Gasteiger partial charge in [0.1, 0.15) is 0 Å². The number of carbonyl (C=O) groups is 1. The number of halogens is 4. The summed E-state index contributed by atoms with van der Waals surface area (Å²) in [5.74, 6) is -0.812. The molecule has 0 aliphatic heterocycles. The third-order valence-electron chi connectivity index (χ3n) is 2.75. The highest BCUT2D eigenvalue weighted by Crippen LogP contribution is 2.40. The van der Waals surface area contributed by atoms with Crippen molar-refractivity contribution in [2.75, 3.05) is 7.11 Å². The first kappa shape index (κ1) is 16.7. The largest absolute Gasteiger partial charge is 0.465 e. The van der Waals surface area contributed by atoms with E-state index in [1.807, 2.05) is 0 Å². The second-order valence-electron chi connectivity index (χ2n) is 4.26. The monoisotopic (exact) mass is 346 g/mol. The fourth-order valence-corrected chi connectivity index (χ4v) is 2.79. The normalized spacial score (nSPS) is 11.3. The van der Waals surface area contributed by atoms with Gasteiger partial charge in [-0.3, -0.25) is 0 Å². The molecule has 0 saturated carbocycles. The van der Waals surface area contributed by atoms with Crippen LogP contribution in [0.25, 0.3) is 0 Å². The van der Waals surface area contributed by atoms with Crippen LogP contribution in [0.2, 0.25) is 5.02 Å². The van der Waals surface area contributed by atoms with Crippen LogP contribution >= 0.6 is 23.4 Å². The van der Waals surface area contributed by atoms with Crippen molar-refractivity contribution in [1.29, 1.82) is 0 Å². The molecule has 2 aromatic rings. The molecule has 0 aliphatic rings. The molecular formula is C15H10ClF3O2S. The van der Waals surface area contributed by atoms with Gasteiger partial charge >= 0.3 is 12.1 Å². The van der Waals surface area contributed by atoms with E-state index >= 15 is 0 Å². The number of ether oxygens (including phenoxy) is 1. The lowest BCUT2D eigenvalue weighted by Gasteiger charge is -2.13. The van der Waals surface area contributed by atoms with Gasteiger partial charge < -0.3 is 4.74 Å². The number of carbonyl (C=O) groups excluding carboxylic acids is 1. The summed E-state index contributed by atoms with van der Waals surface area (Å²) in [6.45, 7) is 0. The highest BCUT2D eigenvalue weighted by Gasteiger charge is 2.34. The molecule has 0 saturated heterocycles. The van der Waals surface area contributed by atoms with Gasteiger partial charge in [0.25, 0.3) is 0 Å². The van der Waals surface area contributed by atoms with Gasteiger partial charge in [-0.2, -0.15) is 13.2 Å². The minimum atomic E-state index is -4.57. The van der Waals surface area contributed by atoms with Crippen LogP contribution in [-0.2, 0) is 10.9 Å². The van der Waals surface area contributed by atoms with E-state index in [0.717, 1.165) is 24.9 Å². The number of alkyl halides is 3. The van der Waals surface area contributed by atoms with Crippen molar-refractivity contribution in [3.8, 4) is 0 Å². The number of hydrogen-bond donors (Lipinski definition) is 0. The maximum absolute atomic E-state index is 13.2. The molecule has 2 nitrogen and oxygen atoms in total. The van der Waals surface area contributed by atoms with E-state index in [9.17, 15) is 18.0 Å². The first-order valence-electron chi connectivity index (χ1n) is 6.04. The van der Waals surface area contributed by atoms with Crippen LogP contribution < -0.4 is 0 Å². The maximum Gasteiger partial charge on any atom is 0.417 e. The Morgan fingerprint density at radius 1 is 1.14 bits per heavy atom. The minimum absolute atomic E-state index is 0.00229. The van der Waals surface area contributed by atoms with Crippen molar-refractivity contribution in [2.45, 2.75) is 16.0 Å². The Hall–Kier alpha value is -1.66. The Morgan fingerprint density at radius 2 is 1.77 bits per heavy atom. The average molecular weight is 347 g/mol. The van der Waals surface area contributed by atoms with Crippen molar-refractivity contribution in [3.63, 3.8) is 0 Å². The SMILES string of the molecule is COC(=O)c1ccc(Sc2ccc(Cl)cc2)c(C(F)(F)F)c1. The second-order valence-corrected chi connectivity index (χ2v) is 5.81. The van der Waals surface area contributed by atoms with Crippen LogP contribution in [0.1, 0.15) is 15.9 Å². The van der Waals surface area contributed by atoms with Gasteiger partial charge in [0, 0.05) is 14.8 Å². The number of methoxy groups -OCH3 is 1. The maximum atomic E-state index is 13.2. The molecule has 0 aliphatic carbocycles. The van der Waals surface area contributed by atoms with Gasteiger partial charge in [-0.25, -0.2) is 4.79 Å². The second kappa shape index (κ2) is 6.62. The number of esters is 1. The Balaban J connectivity index is 2.42. The predicted octanol–water partition coefficient (Wildman–Crippen LogP) is 5.30. The summed E-state index contributed by atoms with van der Waals surface area (Å²) < 4.78 is 44.0. The third kappa shape index (κ3) is 3.96. The van der Waals surface area contributed by atoms with E-state index in [4.69, 9.17) is 11.6 Å². The summed E-state index contributed by atoms with van der Waals surface area (Å²) in [5, 5.41) is 0.501. The van der Waals surface area contributed by atoms with Crippen molar-refractivity contribution in [1.82, 2.24) is 0 Å². The molecule has 7 heteroatoms. The van der Waals surface area contributed by atoms with Crippen LogP contribution in [0.5, 0.6) is 0 Å². The summed E-state index contributed by atoms with van der Waals surface area (Å²) in [4.78, 5) is 12.0. The molecule has 0 radical (unpaired) electrons. The Labute approximate surface area is 134 Å². The Kier molecular flexibility index (Phi) is 5.03. The quantitative estimate of drug-likeness (QED) is 0.706. The van der Waals surface area contributed by atoms with Gasteiger partial charge in [0.15, 0.2) is 0 Å². The number of rotatable bonds is 3. The molecule has 0 fully saturated rings. The van der Waals surface area contributed by atoms with Crippen LogP contribution in [0.4, 0.5) is 13.2 Å². The number of benzene rings is 2. The van der Waals surface area contributed by atoms with Crippen LogP contribution in [0.15, 0.2) is 52.3 Å². The molecule has 0 unspecified atom stereocenters. The Morgan fingerprint density at radius 3 is 2.32 bits per heavy atom. The highest BCUT2D eigenvalue weighted by atomic mass is 35.5. The van der Waals surface area contributed by atoms with E-state index in [2.05, 4.69) is 4.74 Å². The van der Waals surface area contributed by atoms with E-state index in [1.54, 1.807) is 24.3 Å². The molecule has 0 bridgehead atoms. The van der Waals surface area contributed by atoms with E-state index in [-0.39, 0.29) is 10.5 Å². The molecule has 0 atom stereocenters. The zero-order chi connectivity index (χ0) is 16.3. The van der Waals surface area contributed by atoms with Crippen molar-refractivity contribution in [3.05, 3.63) is 58.6 Å².